The first-order valence-electron chi connectivity index (χ1n) is 6.33. The van der Waals surface area contributed by atoms with Gasteiger partial charge >= 0.3 is 6.18 Å². The van der Waals surface area contributed by atoms with Crippen molar-refractivity contribution in [2.24, 2.45) is 10.7 Å². The number of aliphatic imine (C=N–C) groups is 1. The van der Waals surface area contributed by atoms with Crippen molar-refractivity contribution >= 4 is 23.1 Å². The molecule has 0 saturated heterocycles. The highest BCUT2D eigenvalue weighted by Crippen LogP contribution is 2.39. The Bertz CT molecular complexity index is 714. The number of amidine groups is 1. The number of halogens is 5. The third-order valence-corrected chi connectivity index (χ3v) is 3.00. The molecule has 0 unspecified atom stereocenters. The van der Waals surface area contributed by atoms with E-state index in [0.29, 0.717) is 0 Å². The Kier molecular flexibility index (Phi) is 5.10. The van der Waals surface area contributed by atoms with Crippen molar-refractivity contribution in [1.29, 1.82) is 0 Å². The van der Waals surface area contributed by atoms with Crippen molar-refractivity contribution < 1.29 is 22.3 Å². The van der Waals surface area contributed by atoms with Crippen LogP contribution in [0.15, 0.2) is 47.5 Å². The van der Waals surface area contributed by atoms with Gasteiger partial charge in [0.2, 0.25) is 0 Å². The van der Waals surface area contributed by atoms with E-state index in [1.807, 2.05) is 0 Å². The molecule has 23 heavy (non-hydrogen) atoms. The van der Waals surface area contributed by atoms with Crippen LogP contribution >= 0.6 is 11.6 Å². The van der Waals surface area contributed by atoms with Gasteiger partial charge in [-0.05, 0) is 42.5 Å². The smallest absolute Gasteiger partial charge is 0.418 e. The zero-order chi connectivity index (χ0) is 17.0. The van der Waals surface area contributed by atoms with Crippen molar-refractivity contribution in [3.05, 3.63) is 53.8 Å². The molecule has 0 aliphatic carbocycles. The summed E-state index contributed by atoms with van der Waals surface area (Å²) < 4.78 is 57.5. The molecule has 0 saturated carbocycles. The lowest BCUT2D eigenvalue weighted by Crippen LogP contribution is -2.13. The maximum absolute atomic E-state index is 13.1. The van der Waals surface area contributed by atoms with Crippen LogP contribution in [0.3, 0.4) is 0 Å². The highest BCUT2D eigenvalue weighted by atomic mass is 35.5. The van der Waals surface area contributed by atoms with Gasteiger partial charge in [0.1, 0.15) is 23.2 Å². The van der Waals surface area contributed by atoms with Crippen LogP contribution in [0.5, 0.6) is 11.5 Å². The number of alkyl halides is 4. The van der Waals surface area contributed by atoms with Crippen LogP contribution in [-0.2, 0) is 6.18 Å². The quantitative estimate of drug-likeness (QED) is 0.372. The van der Waals surface area contributed by atoms with Gasteiger partial charge in [0, 0.05) is 0 Å². The number of ether oxygens (including phenoxy) is 1. The Balaban J connectivity index is 2.38. The van der Waals surface area contributed by atoms with Crippen molar-refractivity contribution in [2.75, 3.05) is 5.88 Å². The second kappa shape index (κ2) is 6.87. The molecule has 3 nitrogen and oxygen atoms in total. The molecule has 2 rings (SSSR count). The molecule has 0 amide bonds. The van der Waals surface area contributed by atoms with Gasteiger partial charge in [-0.3, -0.25) is 0 Å². The third kappa shape index (κ3) is 4.59. The normalized spacial score (nSPS) is 12.3. The van der Waals surface area contributed by atoms with Gasteiger partial charge in [0.15, 0.2) is 0 Å². The topological polar surface area (TPSA) is 47.6 Å². The van der Waals surface area contributed by atoms with E-state index in [1.54, 1.807) is 0 Å². The Labute approximate surface area is 134 Å². The summed E-state index contributed by atoms with van der Waals surface area (Å²) in [6, 6.07) is 8.11. The minimum absolute atomic E-state index is 0.0627. The molecular formula is C15H11ClF4N2O. The zero-order valence-electron chi connectivity index (χ0n) is 11.6. The summed E-state index contributed by atoms with van der Waals surface area (Å²) in [6.07, 6.45) is -4.65. The average Bonchev–Trinajstić information content (AvgIpc) is 2.50. The number of hydrogen-bond donors (Lipinski definition) is 1. The van der Waals surface area contributed by atoms with Crippen LogP contribution < -0.4 is 10.5 Å². The van der Waals surface area contributed by atoms with Crippen LogP contribution in [0, 0.1) is 5.82 Å². The molecular weight excluding hydrogens is 336 g/mol. The average molecular weight is 347 g/mol. The summed E-state index contributed by atoms with van der Waals surface area (Å²) in [6.45, 7) is 0. The number of hydrogen-bond acceptors (Lipinski definition) is 2. The molecule has 8 heteroatoms. The predicted octanol–water partition coefficient (Wildman–Crippen LogP) is 4.86. The van der Waals surface area contributed by atoms with Gasteiger partial charge in [-0.2, -0.15) is 13.2 Å². The van der Waals surface area contributed by atoms with Gasteiger partial charge in [0.05, 0.1) is 17.1 Å². The molecule has 0 aromatic heterocycles. The van der Waals surface area contributed by atoms with Gasteiger partial charge in [-0.15, -0.1) is 11.6 Å². The monoisotopic (exact) mass is 346 g/mol. The minimum Gasteiger partial charge on any atom is -0.457 e. The number of rotatable bonds is 4. The fraction of sp³-hybridized carbons (Fsp3) is 0.133. The fourth-order valence-electron chi connectivity index (χ4n) is 1.73. The first-order valence-corrected chi connectivity index (χ1v) is 6.86. The molecule has 0 spiro atoms. The molecule has 0 atom stereocenters. The Morgan fingerprint density at radius 1 is 1.09 bits per heavy atom. The van der Waals surface area contributed by atoms with Crippen LogP contribution in [0.25, 0.3) is 0 Å². The summed E-state index contributed by atoms with van der Waals surface area (Å²) >= 11 is 5.43. The molecule has 2 N–H and O–H groups in total. The van der Waals surface area contributed by atoms with Gasteiger partial charge in [-0.25, -0.2) is 9.38 Å². The maximum atomic E-state index is 13.1. The van der Waals surface area contributed by atoms with Crippen molar-refractivity contribution in [3.63, 3.8) is 0 Å². The standard InChI is InChI=1S/C15H11ClF4N2O/c16-8-14(21)22-13-6-5-11(7-12(13)15(18,19)20)23-10-3-1-9(17)2-4-10/h1-7H,8H2,(H2,21,22). The Morgan fingerprint density at radius 2 is 1.70 bits per heavy atom. The number of benzene rings is 2. The van der Waals surface area contributed by atoms with Crippen molar-refractivity contribution in [1.82, 2.24) is 0 Å². The molecule has 0 aliphatic rings. The molecule has 122 valence electrons. The second-order valence-electron chi connectivity index (χ2n) is 4.47. The highest BCUT2D eigenvalue weighted by Gasteiger charge is 2.34. The van der Waals surface area contributed by atoms with Crippen LogP contribution in [0.1, 0.15) is 5.56 Å². The van der Waals surface area contributed by atoms with Crippen molar-refractivity contribution in [3.8, 4) is 11.5 Å². The first kappa shape index (κ1) is 17.1. The summed E-state index contributed by atoms with van der Waals surface area (Å²) in [5.41, 5.74) is 4.01. The van der Waals surface area contributed by atoms with Crippen molar-refractivity contribution in [2.45, 2.75) is 6.18 Å². The summed E-state index contributed by atoms with van der Waals surface area (Å²) in [5.74, 6) is -0.659. The van der Waals surface area contributed by atoms with Crippen LogP contribution in [-0.4, -0.2) is 11.7 Å². The molecule has 0 fully saturated rings. The van der Waals surface area contributed by atoms with E-state index in [4.69, 9.17) is 22.1 Å². The molecule has 0 aliphatic heterocycles. The van der Waals surface area contributed by atoms with E-state index in [0.717, 1.165) is 24.3 Å². The van der Waals surface area contributed by atoms with Crippen LogP contribution in [0.2, 0.25) is 0 Å². The summed E-state index contributed by atoms with van der Waals surface area (Å²) in [7, 11) is 0. The SMILES string of the molecule is NC(CCl)=Nc1ccc(Oc2ccc(F)cc2)cc1C(F)(F)F. The van der Waals surface area contributed by atoms with E-state index < -0.39 is 17.6 Å². The fourth-order valence-corrected chi connectivity index (χ4v) is 1.79. The molecule has 2 aromatic carbocycles. The van der Waals surface area contributed by atoms with Gasteiger partial charge in [0.25, 0.3) is 0 Å². The van der Waals surface area contributed by atoms with Gasteiger partial charge < -0.3 is 10.5 Å². The van der Waals surface area contributed by atoms with Crippen LogP contribution in [0.4, 0.5) is 23.2 Å². The molecule has 2 aromatic rings. The maximum Gasteiger partial charge on any atom is 0.418 e. The summed E-state index contributed by atoms with van der Waals surface area (Å²) in [5, 5.41) is 0. The highest BCUT2D eigenvalue weighted by molar-refractivity contribution is 6.28. The van der Waals surface area contributed by atoms with E-state index in [9.17, 15) is 17.6 Å². The summed E-state index contributed by atoms with van der Waals surface area (Å²) in [4.78, 5) is 3.64. The molecule has 0 radical (unpaired) electrons. The largest absolute Gasteiger partial charge is 0.457 e. The van der Waals surface area contributed by atoms with E-state index in [2.05, 4.69) is 4.99 Å². The lowest BCUT2D eigenvalue weighted by molar-refractivity contribution is -0.137. The predicted molar refractivity (Wildman–Crippen MR) is 79.9 cm³/mol. The van der Waals surface area contributed by atoms with E-state index in [1.165, 1.54) is 18.2 Å². The lowest BCUT2D eigenvalue weighted by Gasteiger charge is -2.13. The van der Waals surface area contributed by atoms with Gasteiger partial charge in [-0.1, -0.05) is 0 Å². The lowest BCUT2D eigenvalue weighted by atomic mass is 10.1. The van der Waals surface area contributed by atoms with E-state index in [-0.39, 0.29) is 28.9 Å². The first-order chi connectivity index (χ1) is 10.8. The Morgan fingerprint density at radius 3 is 2.26 bits per heavy atom. The minimum atomic E-state index is -4.65. The van der Waals surface area contributed by atoms with E-state index >= 15 is 0 Å². The Hall–Kier alpha value is -2.28. The number of nitrogens with two attached hydrogens (primary N) is 1. The molecule has 0 bridgehead atoms. The second-order valence-corrected chi connectivity index (χ2v) is 4.74. The molecule has 0 heterocycles. The number of nitrogens with zero attached hydrogens (tertiary/aromatic N) is 1. The zero-order valence-corrected chi connectivity index (χ0v) is 12.3. The third-order valence-electron chi connectivity index (χ3n) is 2.72.